The van der Waals surface area contributed by atoms with Crippen LogP contribution in [0.4, 0.5) is 0 Å². The second-order valence-electron chi connectivity index (χ2n) is 8.59. The molecule has 3 atom stereocenters. The highest BCUT2D eigenvalue weighted by Crippen LogP contribution is 2.37. The van der Waals surface area contributed by atoms with E-state index in [4.69, 9.17) is 11.6 Å². The molecular formula is C23H25ClN4O3. The SMILES string of the molecule is N#CC(CC1CCNC1=O)NC(=O)C(CC(=O)c1cc2c(Cl)cccc2[nH]1)CC1CC1. The van der Waals surface area contributed by atoms with Crippen molar-refractivity contribution in [2.45, 2.75) is 44.6 Å². The van der Waals surface area contributed by atoms with Crippen LogP contribution in [0.15, 0.2) is 24.3 Å². The van der Waals surface area contributed by atoms with Crippen LogP contribution in [0.5, 0.6) is 0 Å². The molecule has 4 rings (SSSR count). The molecule has 2 aromatic rings. The van der Waals surface area contributed by atoms with Gasteiger partial charge in [0, 0.05) is 40.7 Å². The van der Waals surface area contributed by atoms with Crippen LogP contribution in [-0.4, -0.2) is 35.2 Å². The Balaban J connectivity index is 1.43. The van der Waals surface area contributed by atoms with Gasteiger partial charge in [-0.3, -0.25) is 14.4 Å². The number of amides is 2. The average Bonchev–Trinajstić information content (AvgIpc) is 3.30. The average molecular weight is 441 g/mol. The molecule has 1 aromatic heterocycles. The van der Waals surface area contributed by atoms with Crippen molar-refractivity contribution in [2.75, 3.05) is 6.54 Å². The highest BCUT2D eigenvalue weighted by molar-refractivity contribution is 6.35. The van der Waals surface area contributed by atoms with Gasteiger partial charge in [0.15, 0.2) is 5.78 Å². The van der Waals surface area contributed by atoms with Gasteiger partial charge in [-0.05, 0) is 43.4 Å². The van der Waals surface area contributed by atoms with E-state index in [1.54, 1.807) is 12.1 Å². The van der Waals surface area contributed by atoms with Crippen LogP contribution < -0.4 is 10.6 Å². The highest BCUT2D eigenvalue weighted by Gasteiger charge is 2.33. The largest absolute Gasteiger partial charge is 0.356 e. The van der Waals surface area contributed by atoms with Crippen molar-refractivity contribution < 1.29 is 14.4 Å². The summed E-state index contributed by atoms with van der Waals surface area (Å²) in [6, 6.07) is 8.50. The third-order valence-corrected chi connectivity index (χ3v) is 6.51. The smallest absolute Gasteiger partial charge is 0.224 e. The molecule has 1 aliphatic carbocycles. The number of aromatic amines is 1. The first-order chi connectivity index (χ1) is 14.9. The first kappa shape index (κ1) is 21.4. The Kier molecular flexibility index (Phi) is 6.28. The summed E-state index contributed by atoms with van der Waals surface area (Å²) < 4.78 is 0. The lowest BCUT2D eigenvalue weighted by molar-refractivity contribution is -0.127. The number of hydrogen-bond acceptors (Lipinski definition) is 4. The first-order valence-electron chi connectivity index (χ1n) is 10.7. The van der Waals surface area contributed by atoms with Gasteiger partial charge < -0.3 is 15.6 Å². The fourth-order valence-electron chi connectivity index (χ4n) is 4.23. The van der Waals surface area contributed by atoms with Crippen molar-refractivity contribution in [2.24, 2.45) is 17.8 Å². The molecule has 2 heterocycles. The van der Waals surface area contributed by atoms with Crippen molar-refractivity contribution in [3.05, 3.63) is 35.0 Å². The number of hydrogen-bond donors (Lipinski definition) is 3. The summed E-state index contributed by atoms with van der Waals surface area (Å²) in [4.78, 5) is 40.8. The highest BCUT2D eigenvalue weighted by atomic mass is 35.5. The monoisotopic (exact) mass is 440 g/mol. The Hall–Kier alpha value is -2.85. The molecule has 1 saturated carbocycles. The van der Waals surface area contributed by atoms with E-state index >= 15 is 0 Å². The molecule has 1 aliphatic heterocycles. The van der Waals surface area contributed by atoms with Crippen LogP contribution in [0.3, 0.4) is 0 Å². The Morgan fingerprint density at radius 2 is 2.06 bits per heavy atom. The van der Waals surface area contributed by atoms with E-state index in [1.807, 2.05) is 12.1 Å². The zero-order valence-corrected chi connectivity index (χ0v) is 17.9. The normalized spacial score (nSPS) is 20.1. The summed E-state index contributed by atoms with van der Waals surface area (Å²) in [6.45, 7) is 0.600. The summed E-state index contributed by atoms with van der Waals surface area (Å²) in [5, 5.41) is 16.3. The van der Waals surface area contributed by atoms with Gasteiger partial charge in [0.2, 0.25) is 11.8 Å². The maximum Gasteiger partial charge on any atom is 0.224 e. The second kappa shape index (κ2) is 9.11. The maximum atomic E-state index is 13.0. The molecule has 162 valence electrons. The van der Waals surface area contributed by atoms with Crippen LogP contribution in [0.1, 0.15) is 49.0 Å². The van der Waals surface area contributed by atoms with E-state index in [-0.39, 0.29) is 29.9 Å². The van der Waals surface area contributed by atoms with Crippen molar-refractivity contribution in [1.82, 2.24) is 15.6 Å². The molecule has 3 N–H and O–H groups in total. The molecule has 31 heavy (non-hydrogen) atoms. The number of rotatable bonds is 9. The lowest BCUT2D eigenvalue weighted by Gasteiger charge is -2.19. The standard InChI is InChI=1S/C23H25ClN4O3/c24-18-2-1-3-19-17(18)11-20(28-19)21(29)10-15(8-13-4-5-13)23(31)27-16(12-25)9-14-6-7-26-22(14)30/h1-3,11,13-16,28H,4-10H2,(H,26,30)(H,27,31). The van der Waals surface area contributed by atoms with Gasteiger partial charge in [-0.15, -0.1) is 0 Å². The number of aromatic nitrogens is 1. The molecule has 1 aromatic carbocycles. The van der Waals surface area contributed by atoms with Crippen LogP contribution in [0.25, 0.3) is 10.9 Å². The topological polar surface area (TPSA) is 115 Å². The van der Waals surface area contributed by atoms with Crippen molar-refractivity contribution in [1.29, 1.82) is 5.26 Å². The summed E-state index contributed by atoms with van der Waals surface area (Å²) >= 11 is 6.21. The second-order valence-corrected chi connectivity index (χ2v) is 9.00. The molecule has 2 aliphatic rings. The number of H-pyrrole nitrogens is 1. The summed E-state index contributed by atoms with van der Waals surface area (Å²) in [7, 11) is 0. The molecule has 0 bridgehead atoms. The van der Waals surface area contributed by atoms with Gasteiger partial charge >= 0.3 is 0 Å². The zero-order valence-electron chi connectivity index (χ0n) is 17.1. The predicted molar refractivity (Wildman–Crippen MR) is 116 cm³/mol. The van der Waals surface area contributed by atoms with E-state index in [9.17, 15) is 19.6 Å². The lowest BCUT2D eigenvalue weighted by Crippen LogP contribution is -2.40. The van der Waals surface area contributed by atoms with Crippen molar-refractivity contribution >= 4 is 40.1 Å². The van der Waals surface area contributed by atoms with Gasteiger partial charge in [0.05, 0.1) is 11.8 Å². The number of fused-ring (bicyclic) bond motifs is 1. The van der Waals surface area contributed by atoms with Crippen molar-refractivity contribution in [3.8, 4) is 6.07 Å². The number of halogens is 1. The third kappa shape index (κ3) is 5.08. The third-order valence-electron chi connectivity index (χ3n) is 6.18. The number of nitrogens with one attached hydrogen (secondary N) is 3. The van der Waals surface area contributed by atoms with E-state index in [2.05, 4.69) is 21.7 Å². The number of nitriles is 1. The van der Waals surface area contributed by atoms with E-state index in [0.29, 0.717) is 42.4 Å². The Morgan fingerprint density at radius 3 is 2.71 bits per heavy atom. The quantitative estimate of drug-likeness (QED) is 0.518. The van der Waals surface area contributed by atoms with Gasteiger partial charge in [-0.2, -0.15) is 5.26 Å². The maximum absolute atomic E-state index is 13.0. The number of carbonyl (C=O) groups is 3. The summed E-state index contributed by atoms with van der Waals surface area (Å²) in [5.41, 5.74) is 1.20. The fraction of sp³-hybridized carbons (Fsp3) is 0.478. The minimum atomic E-state index is -0.745. The molecule has 1 saturated heterocycles. The number of benzene rings is 1. The van der Waals surface area contributed by atoms with E-state index < -0.39 is 12.0 Å². The van der Waals surface area contributed by atoms with Crippen LogP contribution >= 0.6 is 11.6 Å². The molecule has 3 unspecified atom stereocenters. The van der Waals surface area contributed by atoms with Crippen molar-refractivity contribution in [3.63, 3.8) is 0 Å². The van der Waals surface area contributed by atoms with Gasteiger partial charge in [0.25, 0.3) is 0 Å². The van der Waals surface area contributed by atoms with E-state index in [1.165, 1.54) is 0 Å². The van der Waals surface area contributed by atoms with Gasteiger partial charge in [0.1, 0.15) is 6.04 Å². The fourth-order valence-corrected chi connectivity index (χ4v) is 4.46. The number of nitrogens with zero attached hydrogens (tertiary/aromatic N) is 1. The van der Waals surface area contributed by atoms with E-state index in [0.717, 1.165) is 23.7 Å². The van der Waals surface area contributed by atoms with Gasteiger partial charge in [-0.25, -0.2) is 0 Å². The van der Waals surface area contributed by atoms with Crippen LogP contribution in [-0.2, 0) is 9.59 Å². The molecule has 2 amide bonds. The minimum Gasteiger partial charge on any atom is -0.356 e. The summed E-state index contributed by atoms with van der Waals surface area (Å²) in [5.74, 6) is -0.839. The molecule has 8 heteroatoms. The zero-order chi connectivity index (χ0) is 22.0. The van der Waals surface area contributed by atoms with Crippen LogP contribution in [0, 0.1) is 29.1 Å². The molecule has 7 nitrogen and oxygen atoms in total. The molecule has 2 fully saturated rings. The van der Waals surface area contributed by atoms with Gasteiger partial charge in [-0.1, -0.05) is 30.5 Å². The molecule has 0 radical (unpaired) electrons. The first-order valence-corrected chi connectivity index (χ1v) is 11.1. The van der Waals surface area contributed by atoms with Crippen LogP contribution in [0.2, 0.25) is 5.02 Å². The number of ketones is 1. The summed E-state index contributed by atoms with van der Waals surface area (Å²) in [6.07, 6.45) is 3.77. The Morgan fingerprint density at radius 1 is 1.26 bits per heavy atom. The lowest BCUT2D eigenvalue weighted by atomic mass is 9.93. The Bertz CT molecular complexity index is 1050. The number of carbonyl (C=O) groups excluding carboxylic acids is 3. The molecular weight excluding hydrogens is 416 g/mol. The molecule has 0 spiro atoms. The minimum absolute atomic E-state index is 0.0643. The predicted octanol–water partition coefficient (Wildman–Crippen LogP) is 3.34. The Labute approximate surface area is 185 Å². The number of Topliss-reactive ketones (excluding diaryl/α,β-unsaturated/α-hetero) is 1.